The van der Waals surface area contributed by atoms with Crippen molar-refractivity contribution in [1.29, 1.82) is 0 Å². The highest BCUT2D eigenvalue weighted by atomic mass is 32.1. The van der Waals surface area contributed by atoms with Gasteiger partial charge in [0.2, 0.25) is 0 Å². The van der Waals surface area contributed by atoms with Crippen LogP contribution in [0.5, 0.6) is 0 Å². The quantitative estimate of drug-likeness (QED) is 0.248. The number of fused-ring (bicyclic) bond motifs is 2. The first-order chi connectivity index (χ1) is 16.5. The van der Waals surface area contributed by atoms with Gasteiger partial charge in [0.15, 0.2) is 0 Å². The molecule has 4 aromatic rings. The second-order valence-electron chi connectivity index (χ2n) is 10.7. The van der Waals surface area contributed by atoms with Crippen molar-refractivity contribution < 1.29 is 0 Å². The number of hydrogen-bond acceptors (Lipinski definition) is 2. The molecule has 0 N–H and O–H groups in total. The van der Waals surface area contributed by atoms with Gasteiger partial charge >= 0.3 is 0 Å². The summed E-state index contributed by atoms with van der Waals surface area (Å²) < 4.78 is 3.19. The highest BCUT2D eigenvalue weighted by Gasteiger charge is 2.42. The van der Waals surface area contributed by atoms with Gasteiger partial charge in [-0.1, -0.05) is 96.2 Å². The third-order valence-electron chi connectivity index (χ3n) is 8.74. The predicted molar refractivity (Wildman–Crippen MR) is 155 cm³/mol. The lowest BCUT2D eigenvalue weighted by Gasteiger charge is -2.40. The first-order valence-electron chi connectivity index (χ1n) is 13.4. The molecule has 1 nitrogen and oxygen atoms in total. The van der Waals surface area contributed by atoms with E-state index >= 15 is 0 Å². The van der Waals surface area contributed by atoms with Crippen LogP contribution in [0, 0.1) is 6.92 Å². The van der Waals surface area contributed by atoms with E-state index in [9.17, 15) is 0 Å². The van der Waals surface area contributed by atoms with Gasteiger partial charge in [-0.2, -0.15) is 0 Å². The monoisotopic (exact) mass is 485 g/mol. The second-order valence-corrected chi connectivity index (χ2v) is 17.2. The first-order valence-corrected chi connectivity index (χ1v) is 16.7. The van der Waals surface area contributed by atoms with Crippen molar-refractivity contribution in [2.75, 3.05) is 0 Å². The van der Waals surface area contributed by atoms with Gasteiger partial charge in [0, 0.05) is 11.8 Å². The maximum absolute atomic E-state index is 5.01. The van der Waals surface area contributed by atoms with Crippen LogP contribution in [0.15, 0.2) is 48.7 Å². The minimum Gasteiger partial charge on any atom is -0.255 e. The maximum Gasteiger partial charge on any atom is 0.102 e. The Bertz CT molecular complexity index is 1310. The van der Waals surface area contributed by atoms with Crippen molar-refractivity contribution in [3.8, 4) is 11.3 Å². The molecule has 3 heteroatoms. The number of thiophene rings is 1. The highest BCUT2D eigenvalue weighted by molar-refractivity contribution is 7.32. The summed E-state index contributed by atoms with van der Waals surface area (Å²) in [5.41, 5.74) is 6.40. The summed E-state index contributed by atoms with van der Waals surface area (Å²) >= 11 is 2.11. The van der Waals surface area contributed by atoms with Crippen molar-refractivity contribution in [3.63, 3.8) is 0 Å². The molecule has 0 radical (unpaired) electrons. The van der Waals surface area contributed by atoms with Crippen LogP contribution < -0.4 is 4.50 Å². The Morgan fingerprint density at radius 1 is 0.971 bits per heavy atom. The zero-order valence-corrected chi connectivity index (χ0v) is 23.4. The Morgan fingerprint density at radius 3 is 2.41 bits per heavy atom. The minimum absolute atomic E-state index is 0.483. The molecule has 2 aromatic carbocycles. The molecule has 1 fully saturated rings. The van der Waals surface area contributed by atoms with Crippen LogP contribution >= 0.6 is 11.3 Å². The highest BCUT2D eigenvalue weighted by Crippen LogP contribution is 2.45. The van der Waals surface area contributed by atoms with Gasteiger partial charge in [0.05, 0.1) is 10.4 Å². The van der Waals surface area contributed by atoms with Crippen LogP contribution in [0.4, 0.5) is 0 Å². The van der Waals surface area contributed by atoms with Gasteiger partial charge in [-0.25, -0.2) is 0 Å². The number of nitrogens with zero attached hydrogens (tertiary/aromatic N) is 1. The van der Waals surface area contributed by atoms with E-state index in [2.05, 4.69) is 88.4 Å². The van der Waals surface area contributed by atoms with Gasteiger partial charge in [0.1, 0.15) is 8.07 Å². The summed E-state index contributed by atoms with van der Waals surface area (Å²) in [5, 5.41) is 4.14. The fourth-order valence-electron chi connectivity index (χ4n) is 6.77. The molecule has 5 rings (SSSR count). The molecule has 1 aliphatic rings. The Kier molecular flexibility index (Phi) is 6.70. The van der Waals surface area contributed by atoms with Crippen molar-refractivity contribution in [2.24, 2.45) is 0 Å². The molecule has 178 valence electrons. The number of aryl methyl sites for hydroxylation is 1. The summed E-state index contributed by atoms with van der Waals surface area (Å²) in [5.74, 6) is 0.483. The smallest absolute Gasteiger partial charge is 0.102 e. The minimum atomic E-state index is -1.55. The molecule has 2 heterocycles. The van der Waals surface area contributed by atoms with Gasteiger partial charge in [-0.15, -0.1) is 11.3 Å². The average molecular weight is 486 g/mol. The molecule has 34 heavy (non-hydrogen) atoms. The van der Waals surface area contributed by atoms with E-state index in [1.807, 2.05) is 6.20 Å². The Labute approximate surface area is 210 Å². The van der Waals surface area contributed by atoms with Crippen LogP contribution in [0.2, 0.25) is 17.6 Å². The molecular weight excluding hydrogens is 447 g/mol. The predicted octanol–water partition coefficient (Wildman–Crippen LogP) is 9.58. The summed E-state index contributed by atoms with van der Waals surface area (Å²) in [6.45, 7) is 12.0. The lowest BCUT2D eigenvalue weighted by molar-refractivity contribution is 0.491. The third kappa shape index (κ3) is 3.85. The van der Waals surface area contributed by atoms with Gasteiger partial charge in [-0.05, 0) is 68.4 Å². The maximum atomic E-state index is 5.01. The van der Waals surface area contributed by atoms with E-state index in [1.165, 1.54) is 81.9 Å². The average Bonchev–Trinajstić information content (AvgIpc) is 3.22. The lowest BCUT2D eigenvalue weighted by Crippen LogP contribution is -2.50. The second kappa shape index (κ2) is 9.58. The molecule has 0 spiro atoms. The molecule has 1 aliphatic carbocycles. The first kappa shape index (κ1) is 23.8. The van der Waals surface area contributed by atoms with Crippen LogP contribution in [0.1, 0.15) is 76.8 Å². The lowest BCUT2D eigenvalue weighted by atomic mass is 9.92. The van der Waals surface area contributed by atoms with Crippen molar-refractivity contribution >= 4 is 44.8 Å². The number of pyridine rings is 1. The fourth-order valence-corrected chi connectivity index (χ4v) is 15.4. The largest absolute Gasteiger partial charge is 0.255 e. The van der Waals surface area contributed by atoms with E-state index < -0.39 is 8.07 Å². The molecule has 1 saturated carbocycles. The molecule has 0 amide bonds. The van der Waals surface area contributed by atoms with E-state index in [1.54, 1.807) is 10.1 Å². The van der Waals surface area contributed by atoms with Gasteiger partial charge in [-0.3, -0.25) is 4.98 Å². The Morgan fingerprint density at radius 2 is 1.71 bits per heavy atom. The normalized spacial score (nSPS) is 15.6. The van der Waals surface area contributed by atoms with Crippen LogP contribution in [-0.4, -0.2) is 13.1 Å². The zero-order valence-electron chi connectivity index (χ0n) is 21.6. The van der Waals surface area contributed by atoms with Crippen LogP contribution in [0.3, 0.4) is 0 Å². The summed E-state index contributed by atoms with van der Waals surface area (Å²) in [4.78, 5) is 5.01. The number of benzene rings is 2. The SMILES string of the molecule is CC[Si](CC)(c1sc2c(-c3cc(C(C)C)c4ccccc4c3)nccc2c1C)C1CCCCC1. The van der Waals surface area contributed by atoms with Crippen molar-refractivity contribution in [3.05, 3.63) is 59.8 Å². The standard InChI is InChI=1S/C31H39NSSi/c1-6-34(7-2,25-14-9-8-10-15-25)31-22(5)26-17-18-32-29(30(26)33-31)24-19-23-13-11-12-16-27(23)28(20-24)21(3)4/h11-13,16-21,25H,6-10,14-15H2,1-5H3. The summed E-state index contributed by atoms with van der Waals surface area (Å²) in [6.07, 6.45) is 9.27. The van der Waals surface area contributed by atoms with Crippen molar-refractivity contribution in [1.82, 2.24) is 4.98 Å². The van der Waals surface area contributed by atoms with E-state index in [4.69, 9.17) is 4.98 Å². The van der Waals surface area contributed by atoms with E-state index in [0.29, 0.717) is 5.92 Å². The van der Waals surface area contributed by atoms with Crippen LogP contribution in [0.25, 0.3) is 32.1 Å². The molecular formula is C31H39NSSi. The van der Waals surface area contributed by atoms with E-state index in [-0.39, 0.29) is 0 Å². The third-order valence-corrected chi connectivity index (χ3v) is 17.3. The summed E-state index contributed by atoms with van der Waals surface area (Å²) in [7, 11) is -1.55. The zero-order chi connectivity index (χ0) is 23.9. The Balaban J connectivity index is 1.72. The van der Waals surface area contributed by atoms with Gasteiger partial charge in [0.25, 0.3) is 0 Å². The fraction of sp³-hybridized carbons (Fsp3) is 0.452. The molecule has 0 atom stereocenters. The van der Waals surface area contributed by atoms with Crippen LogP contribution in [-0.2, 0) is 0 Å². The van der Waals surface area contributed by atoms with Crippen molar-refractivity contribution in [2.45, 2.75) is 90.3 Å². The Hall–Kier alpha value is -1.97. The molecule has 2 aromatic heterocycles. The molecule has 0 saturated heterocycles. The number of rotatable bonds is 6. The number of hydrogen-bond donors (Lipinski definition) is 0. The topological polar surface area (TPSA) is 12.9 Å². The number of aromatic nitrogens is 1. The van der Waals surface area contributed by atoms with E-state index in [0.717, 1.165) is 5.54 Å². The summed E-state index contributed by atoms with van der Waals surface area (Å²) in [6, 6.07) is 18.6. The molecule has 0 unspecified atom stereocenters. The molecule has 0 aliphatic heterocycles. The van der Waals surface area contributed by atoms with Gasteiger partial charge < -0.3 is 0 Å². The molecule has 0 bridgehead atoms.